The lowest BCUT2D eigenvalue weighted by Gasteiger charge is -2.10. The van der Waals surface area contributed by atoms with Crippen molar-refractivity contribution in [2.45, 2.75) is 13.0 Å². The molecule has 0 radical (unpaired) electrons. The van der Waals surface area contributed by atoms with E-state index < -0.39 is 0 Å². The fourth-order valence-corrected chi connectivity index (χ4v) is 0.915. The molecular weight excluding hydrogens is 183 g/mol. The van der Waals surface area contributed by atoms with Gasteiger partial charge in [0.15, 0.2) is 0 Å². The van der Waals surface area contributed by atoms with E-state index in [1.165, 1.54) is 24.3 Å². The third-order valence-electron chi connectivity index (χ3n) is 1.94. The van der Waals surface area contributed by atoms with Gasteiger partial charge in [-0.25, -0.2) is 4.39 Å². The Bertz CT molecular complexity index is 310. The van der Waals surface area contributed by atoms with Gasteiger partial charge in [0.25, 0.3) is 0 Å². The fraction of sp³-hybridized carbons (Fsp3) is 0.300. The van der Waals surface area contributed by atoms with Gasteiger partial charge >= 0.3 is 0 Å². The van der Waals surface area contributed by atoms with Gasteiger partial charge < -0.3 is 10.6 Å². The van der Waals surface area contributed by atoms with E-state index in [-0.39, 0.29) is 17.8 Å². The molecule has 0 aliphatic carbocycles. The first kappa shape index (κ1) is 10.7. The third kappa shape index (κ3) is 2.81. The van der Waals surface area contributed by atoms with Crippen molar-refractivity contribution in [3.63, 3.8) is 0 Å². The van der Waals surface area contributed by atoms with E-state index in [4.69, 9.17) is 0 Å². The van der Waals surface area contributed by atoms with Crippen molar-refractivity contribution in [3.05, 3.63) is 30.1 Å². The molecule has 1 aromatic carbocycles. The zero-order valence-electron chi connectivity index (χ0n) is 8.17. The second kappa shape index (κ2) is 4.72. The topological polar surface area (TPSA) is 41.1 Å². The van der Waals surface area contributed by atoms with Crippen LogP contribution in [0.2, 0.25) is 0 Å². The van der Waals surface area contributed by atoms with Gasteiger partial charge in [0.05, 0.1) is 6.04 Å². The summed E-state index contributed by atoms with van der Waals surface area (Å²) in [7, 11) is 1.70. The third-order valence-corrected chi connectivity index (χ3v) is 1.94. The Morgan fingerprint density at radius 2 is 1.93 bits per heavy atom. The SMILES string of the molecule is CN[C@@H](C)C(=O)Nc1ccc(F)cc1. The molecule has 2 N–H and O–H groups in total. The summed E-state index contributed by atoms with van der Waals surface area (Å²) in [6.07, 6.45) is 0. The summed E-state index contributed by atoms with van der Waals surface area (Å²) in [5.74, 6) is -0.455. The number of benzene rings is 1. The number of hydrogen-bond acceptors (Lipinski definition) is 2. The van der Waals surface area contributed by atoms with Crippen LogP contribution in [0.25, 0.3) is 0 Å². The van der Waals surface area contributed by atoms with Crippen LogP contribution in [0.15, 0.2) is 24.3 Å². The summed E-state index contributed by atoms with van der Waals surface area (Å²) in [6.45, 7) is 1.75. The van der Waals surface area contributed by atoms with Crippen LogP contribution in [0.1, 0.15) is 6.92 Å². The number of nitrogens with one attached hydrogen (secondary N) is 2. The highest BCUT2D eigenvalue weighted by Crippen LogP contribution is 2.08. The van der Waals surface area contributed by atoms with Crippen molar-refractivity contribution in [3.8, 4) is 0 Å². The first-order valence-corrected chi connectivity index (χ1v) is 4.37. The van der Waals surface area contributed by atoms with E-state index in [2.05, 4.69) is 10.6 Å². The number of likely N-dealkylation sites (N-methyl/N-ethyl adjacent to an activating group) is 1. The summed E-state index contributed by atoms with van der Waals surface area (Å²) in [4.78, 5) is 11.4. The number of carbonyl (C=O) groups is 1. The Labute approximate surface area is 82.3 Å². The first-order valence-electron chi connectivity index (χ1n) is 4.37. The van der Waals surface area contributed by atoms with Crippen LogP contribution in [0.4, 0.5) is 10.1 Å². The van der Waals surface area contributed by atoms with E-state index in [1.54, 1.807) is 14.0 Å². The number of anilines is 1. The van der Waals surface area contributed by atoms with Crippen molar-refractivity contribution >= 4 is 11.6 Å². The van der Waals surface area contributed by atoms with Crippen LogP contribution in [-0.2, 0) is 4.79 Å². The molecule has 0 fully saturated rings. The van der Waals surface area contributed by atoms with E-state index in [9.17, 15) is 9.18 Å². The van der Waals surface area contributed by atoms with E-state index in [0.717, 1.165) is 0 Å². The normalized spacial score (nSPS) is 12.2. The minimum absolute atomic E-state index is 0.140. The molecule has 0 unspecified atom stereocenters. The maximum Gasteiger partial charge on any atom is 0.241 e. The number of halogens is 1. The summed E-state index contributed by atoms with van der Waals surface area (Å²) in [5, 5.41) is 5.46. The van der Waals surface area contributed by atoms with Gasteiger partial charge in [-0.3, -0.25) is 4.79 Å². The molecule has 0 aromatic heterocycles. The van der Waals surface area contributed by atoms with Gasteiger partial charge in [0, 0.05) is 5.69 Å². The molecule has 0 heterocycles. The van der Waals surface area contributed by atoms with Crippen LogP contribution < -0.4 is 10.6 Å². The van der Waals surface area contributed by atoms with Crippen LogP contribution in [0.5, 0.6) is 0 Å². The molecule has 1 aromatic rings. The Balaban J connectivity index is 2.60. The largest absolute Gasteiger partial charge is 0.325 e. The summed E-state index contributed by atoms with van der Waals surface area (Å²) < 4.78 is 12.5. The summed E-state index contributed by atoms with van der Waals surface area (Å²) >= 11 is 0. The smallest absolute Gasteiger partial charge is 0.241 e. The average Bonchev–Trinajstić information content (AvgIpc) is 2.20. The van der Waals surface area contributed by atoms with Gasteiger partial charge in [-0.1, -0.05) is 0 Å². The summed E-state index contributed by atoms with van der Waals surface area (Å²) in [5.41, 5.74) is 0.596. The fourth-order valence-electron chi connectivity index (χ4n) is 0.915. The Morgan fingerprint density at radius 3 is 2.43 bits per heavy atom. The van der Waals surface area contributed by atoms with Crippen molar-refractivity contribution < 1.29 is 9.18 Å². The van der Waals surface area contributed by atoms with Crippen molar-refractivity contribution in [1.82, 2.24) is 5.32 Å². The number of amides is 1. The van der Waals surface area contributed by atoms with Crippen molar-refractivity contribution in [1.29, 1.82) is 0 Å². The second-order valence-electron chi connectivity index (χ2n) is 3.01. The monoisotopic (exact) mass is 196 g/mol. The molecule has 0 spiro atoms. The Kier molecular flexibility index (Phi) is 3.59. The Hall–Kier alpha value is -1.42. The molecule has 1 atom stereocenters. The van der Waals surface area contributed by atoms with Crippen molar-refractivity contribution in [2.24, 2.45) is 0 Å². The summed E-state index contributed by atoms with van der Waals surface area (Å²) in [6, 6.07) is 5.39. The maximum absolute atomic E-state index is 12.5. The molecule has 3 nitrogen and oxygen atoms in total. The average molecular weight is 196 g/mol. The lowest BCUT2D eigenvalue weighted by molar-refractivity contribution is -0.117. The first-order chi connectivity index (χ1) is 6.63. The zero-order chi connectivity index (χ0) is 10.6. The van der Waals surface area contributed by atoms with Gasteiger partial charge in [0.1, 0.15) is 5.82 Å². The highest BCUT2D eigenvalue weighted by atomic mass is 19.1. The molecular formula is C10H13FN2O. The highest BCUT2D eigenvalue weighted by Gasteiger charge is 2.09. The second-order valence-corrected chi connectivity index (χ2v) is 3.01. The number of rotatable bonds is 3. The minimum Gasteiger partial charge on any atom is -0.325 e. The predicted molar refractivity (Wildman–Crippen MR) is 53.6 cm³/mol. The number of hydrogen-bond donors (Lipinski definition) is 2. The van der Waals surface area contributed by atoms with E-state index >= 15 is 0 Å². The molecule has 0 saturated carbocycles. The molecule has 1 amide bonds. The van der Waals surface area contributed by atoms with Crippen molar-refractivity contribution in [2.75, 3.05) is 12.4 Å². The molecule has 4 heteroatoms. The lowest BCUT2D eigenvalue weighted by Crippen LogP contribution is -2.35. The minimum atomic E-state index is -0.315. The van der Waals surface area contributed by atoms with Crippen LogP contribution >= 0.6 is 0 Å². The quantitative estimate of drug-likeness (QED) is 0.766. The molecule has 14 heavy (non-hydrogen) atoms. The highest BCUT2D eigenvalue weighted by molar-refractivity contribution is 5.94. The molecule has 0 aliphatic heterocycles. The van der Waals surface area contributed by atoms with Crippen LogP contribution in [0.3, 0.4) is 0 Å². The van der Waals surface area contributed by atoms with Gasteiger partial charge in [-0.2, -0.15) is 0 Å². The number of carbonyl (C=O) groups excluding carboxylic acids is 1. The van der Waals surface area contributed by atoms with E-state index in [1.807, 2.05) is 0 Å². The van der Waals surface area contributed by atoms with Crippen LogP contribution in [0, 0.1) is 5.82 Å². The zero-order valence-corrected chi connectivity index (χ0v) is 8.17. The van der Waals surface area contributed by atoms with Crippen LogP contribution in [-0.4, -0.2) is 19.0 Å². The lowest BCUT2D eigenvalue weighted by atomic mass is 10.2. The Morgan fingerprint density at radius 1 is 1.36 bits per heavy atom. The standard InChI is InChI=1S/C10H13FN2O/c1-7(12-2)10(14)13-9-5-3-8(11)4-6-9/h3-7,12H,1-2H3,(H,13,14)/t7-/m0/s1. The van der Waals surface area contributed by atoms with Gasteiger partial charge in [0.2, 0.25) is 5.91 Å². The molecule has 1 rings (SSSR count). The predicted octanol–water partition coefficient (Wildman–Crippen LogP) is 1.37. The molecule has 0 bridgehead atoms. The molecule has 76 valence electrons. The molecule has 0 saturated heterocycles. The molecule has 0 aliphatic rings. The van der Waals surface area contributed by atoms with E-state index in [0.29, 0.717) is 5.69 Å². The van der Waals surface area contributed by atoms with Gasteiger partial charge in [-0.15, -0.1) is 0 Å². The van der Waals surface area contributed by atoms with Gasteiger partial charge in [-0.05, 0) is 38.2 Å². The maximum atomic E-state index is 12.5.